The number of halogens is 1. The van der Waals surface area contributed by atoms with Gasteiger partial charge in [0.2, 0.25) is 5.95 Å². The molecule has 4 rings (SSSR count). The summed E-state index contributed by atoms with van der Waals surface area (Å²) in [6.45, 7) is 5.68. The lowest BCUT2D eigenvalue weighted by molar-refractivity contribution is 0.101. The van der Waals surface area contributed by atoms with Gasteiger partial charge in [-0.1, -0.05) is 0 Å². The number of hydrogen-bond donors (Lipinski definition) is 3. The Balaban J connectivity index is 1.80. The number of nitrogens with zero attached hydrogens (tertiary/aromatic N) is 4. The zero-order chi connectivity index (χ0) is 23.8. The highest BCUT2D eigenvalue weighted by Crippen LogP contribution is 2.42. The number of carbonyl (C=O) groups excluding carboxylic acids is 1. The van der Waals surface area contributed by atoms with Crippen LogP contribution in [-0.2, 0) is 0 Å². The minimum absolute atomic E-state index is 0.0525. The van der Waals surface area contributed by atoms with Gasteiger partial charge in [-0.15, -0.1) is 0 Å². The quantitative estimate of drug-likeness (QED) is 0.465. The number of carbonyl (C=O) groups is 1. The van der Waals surface area contributed by atoms with E-state index in [9.17, 15) is 9.59 Å². The van der Waals surface area contributed by atoms with E-state index >= 15 is 4.39 Å². The van der Waals surface area contributed by atoms with E-state index in [0.717, 1.165) is 5.69 Å². The number of pyridine rings is 2. The molecule has 0 saturated heterocycles. The predicted octanol–water partition coefficient (Wildman–Crippen LogP) is 3.26. The zero-order valence-corrected chi connectivity index (χ0v) is 19.0. The van der Waals surface area contributed by atoms with Crippen LogP contribution in [0.3, 0.4) is 0 Å². The maximum Gasteiger partial charge on any atom is 0.263 e. The molecule has 0 aromatic carbocycles. The lowest BCUT2D eigenvalue weighted by Gasteiger charge is -2.27. The number of alkyl halides is 1. The van der Waals surface area contributed by atoms with Gasteiger partial charge >= 0.3 is 0 Å². The van der Waals surface area contributed by atoms with Crippen LogP contribution in [0.25, 0.3) is 11.0 Å². The van der Waals surface area contributed by atoms with Crippen LogP contribution in [0.15, 0.2) is 29.3 Å². The molecular formula is C23H28FN7O2. The fourth-order valence-corrected chi connectivity index (χ4v) is 4.51. The van der Waals surface area contributed by atoms with Crippen LogP contribution in [0.5, 0.6) is 0 Å². The van der Waals surface area contributed by atoms with Crippen molar-refractivity contribution in [3.8, 4) is 0 Å². The first kappa shape index (κ1) is 22.8. The maximum absolute atomic E-state index is 15.3. The van der Waals surface area contributed by atoms with Crippen LogP contribution in [0.2, 0.25) is 0 Å². The van der Waals surface area contributed by atoms with E-state index in [1.165, 1.54) is 18.4 Å². The molecule has 4 N–H and O–H groups in total. The molecule has 33 heavy (non-hydrogen) atoms. The number of aryl methyl sites for hydroxylation is 1. The molecule has 0 aliphatic heterocycles. The number of aromatic nitrogens is 4. The van der Waals surface area contributed by atoms with E-state index in [1.807, 2.05) is 6.07 Å². The number of anilines is 3. The molecule has 174 valence electrons. The van der Waals surface area contributed by atoms with Crippen LogP contribution in [0.1, 0.15) is 55.1 Å². The third kappa shape index (κ3) is 4.30. The summed E-state index contributed by atoms with van der Waals surface area (Å²) in [7, 11) is 0. The summed E-state index contributed by atoms with van der Waals surface area (Å²) in [6, 6.07) is 2.90. The first-order chi connectivity index (χ1) is 15.7. The molecular weight excluding hydrogens is 425 g/mol. The van der Waals surface area contributed by atoms with E-state index in [1.54, 1.807) is 25.4 Å². The summed E-state index contributed by atoms with van der Waals surface area (Å²) >= 11 is 0. The summed E-state index contributed by atoms with van der Waals surface area (Å²) in [5.74, 6) is 0.371. The van der Waals surface area contributed by atoms with Gasteiger partial charge < -0.3 is 16.4 Å². The van der Waals surface area contributed by atoms with Crippen molar-refractivity contribution < 1.29 is 9.18 Å². The third-order valence-corrected chi connectivity index (χ3v) is 6.19. The van der Waals surface area contributed by atoms with E-state index in [2.05, 4.69) is 25.6 Å². The Morgan fingerprint density at radius 3 is 2.73 bits per heavy atom. The minimum atomic E-state index is -1.58. The number of rotatable bonds is 7. The summed E-state index contributed by atoms with van der Waals surface area (Å²) in [6.07, 6.45) is 4.71. The Morgan fingerprint density at radius 1 is 1.33 bits per heavy atom. The highest BCUT2D eigenvalue weighted by Gasteiger charge is 2.42. The van der Waals surface area contributed by atoms with Gasteiger partial charge in [0, 0.05) is 24.7 Å². The van der Waals surface area contributed by atoms with Gasteiger partial charge in [0.15, 0.2) is 5.78 Å². The fourth-order valence-electron chi connectivity index (χ4n) is 4.51. The topological polar surface area (TPSA) is 128 Å². The Bertz CT molecular complexity index is 1250. The summed E-state index contributed by atoms with van der Waals surface area (Å²) in [4.78, 5) is 38.9. The zero-order valence-electron chi connectivity index (χ0n) is 19.0. The average molecular weight is 454 g/mol. The summed E-state index contributed by atoms with van der Waals surface area (Å²) < 4.78 is 16.7. The number of Topliss-reactive ketones (excluding diaryl/α,β-unsaturated/α-hetero) is 1. The van der Waals surface area contributed by atoms with Gasteiger partial charge in [-0.3, -0.25) is 14.2 Å². The predicted molar refractivity (Wildman–Crippen MR) is 126 cm³/mol. The Hall–Kier alpha value is -3.40. The van der Waals surface area contributed by atoms with Gasteiger partial charge in [-0.25, -0.2) is 14.4 Å². The van der Waals surface area contributed by atoms with E-state index in [-0.39, 0.29) is 17.3 Å². The van der Waals surface area contributed by atoms with E-state index in [0.29, 0.717) is 54.8 Å². The largest absolute Gasteiger partial charge is 0.383 e. The smallest absolute Gasteiger partial charge is 0.263 e. The number of nitrogens with one attached hydrogen (secondary N) is 2. The van der Waals surface area contributed by atoms with Crippen molar-refractivity contribution in [2.75, 3.05) is 23.7 Å². The average Bonchev–Trinajstić information content (AvgIpc) is 3.11. The second-order valence-electron chi connectivity index (χ2n) is 8.62. The second-order valence-corrected chi connectivity index (χ2v) is 8.62. The third-order valence-electron chi connectivity index (χ3n) is 6.19. The molecule has 3 heterocycles. The molecule has 9 nitrogen and oxygen atoms in total. The van der Waals surface area contributed by atoms with Gasteiger partial charge in [-0.2, -0.15) is 4.98 Å². The molecule has 1 fully saturated rings. The van der Waals surface area contributed by atoms with Crippen molar-refractivity contribution in [1.29, 1.82) is 0 Å². The maximum atomic E-state index is 15.3. The lowest BCUT2D eigenvalue weighted by Crippen LogP contribution is -2.37. The first-order valence-corrected chi connectivity index (χ1v) is 11.0. The molecule has 0 amide bonds. The van der Waals surface area contributed by atoms with Crippen LogP contribution >= 0.6 is 0 Å². The van der Waals surface area contributed by atoms with Crippen molar-refractivity contribution in [1.82, 2.24) is 19.5 Å². The SMILES string of the molecule is CC(=O)c1c(C)c2cnc(Nc3ccc(NCCN)cn3)nc2n(C2CCCC2(C)F)c1=O. The molecule has 2 unspecified atom stereocenters. The number of hydrogen-bond acceptors (Lipinski definition) is 8. The van der Waals surface area contributed by atoms with Crippen molar-refractivity contribution in [3.63, 3.8) is 0 Å². The normalized spacial score (nSPS) is 20.2. The molecule has 3 aromatic rings. The fraction of sp³-hybridized carbons (Fsp3) is 0.435. The summed E-state index contributed by atoms with van der Waals surface area (Å²) in [5, 5.41) is 6.71. The highest BCUT2D eigenvalue weighted by molar-refractivity contribution is 5.99. The Morgan fingerprint density at radius 2 is 2.12 bits per heavy atom. The molecule has 0 bridgehead atoms. The monoisotopic (exact) mass is 453 g/mol. The van der Waals surface area contributed by atoms with Crippen molar-refractivity contribution in [3.05, 3.63) is 46.0 Å². The van der Waals surface area contributed by atoms with Gasteiger partial charge in [0.25, 0.3) is 5.56 Å². The van der Waals surface area contributed by atoms with Gasteiger partial charge in [0.05, 0.1) is 23.5 Å². The molecule has 3 aromatic heterocycles. The molecule has 2 atom stereocenters. The second kappa shape index (κ2) is 8.86. The lowest BCUT2D eigenvalue weighted by atomic mass is 9.99. The van der Waals surface area contributed by atoms with Crippen LogP contribution in [-0.4, -0.2) is 44.1 Å². The Kier molecular flexibility index (Phi) is 6.11. The van der Waals surface area contributed by atoms with Gasteiger partial charge in [-0.05, 0) is 57.7 Å². The van der Waals surface area contributed by atoms with Crippen LogP contribution < -0.4 is 21.9 Å². The van der Waals surface area contributed by atoms with E-state index < -0.39 is 17.3 Å². The van der Waals surface area contributed by atoms with Crippen molar-refractivity contribution in [2.45, 2.75) is 51.7 Å². The molecule has 1 aliphatic carbocycles. The highest BCUT2D eigenvalue weighted by atomic mass is 19.1. The minimum Gasteiger partial charge on any atom is -0.383 e. The molecule has 0 spiro atoms. The van der Waals surface area contributed by atoms with Crippen molar-refractivity contribution >= 4 is 34.3 Å². The standard InChI is InChI=1S/C23H28FN7O2/c1-13-16-12-28-22(29-18-7-6-15(11-27-18)26-10-9-25)30-20(16)31(21(33)19(13)14(2)32)17-5-4-8-23(17,3)24/h6-7,11-12,17,26H,4-5,8-10,25H2,1-3H3,(H,27,28,29,30). The molecule has 1 saturated carbocycles. The number of fused-ring (bicyclic) bond motifs is 1. The van der Waals surface area contributed by atoms with Crippen LogP contribution in [0, 0.1) is 6.92 Å². The molecule has 1 aliphatic rings. The Labute approximate surface area is 190 Å². The molecule has 0 radical (unpaired) electrons. The van der Waals surface area contributed by atoms with Crippen LogP contribution in [0.4, 0.5) is 21.8 Å². The van der Waals surface area contributed by atoms with Crippen molar-refractivity contribution in [2.24, 2.45) is 5.73 Å². The van der Waals surface area contributed by atoms with Gasteiger partial charge in [0.1, 0.15) is 17.1 Å². The van der Waals surface area contributed by atoms with E-state index in [4.69, 9.17) is 5.73 Å². The first-order valence-electron chi connectivity index (χ1n) is 11.0. The number of nitrogens with two attached hydrogens (primary N) is 1. The molecule has 10 heteroatoms. The number of ketones is 1. The summed E-state index contributed by atoms with van der Waals surface area (Å²) in [5.41, 5.74) is 5.09.